The molecule has 2 nitrogen and oxygen atoms in total. The molecular weight excluding hydrogens is 138 g/mol. The first kappa shape index (κ1) is 10.9. The first-order valence-corrected chi connectivity index (χ1v) is 4.08. The molecule has 0 aromatic rings. The van der Waals surface area contributed by atoms with E-state index in [-0.39, 0.29) is 23.5 Å². The molecule has 0 amide bonds. The molecule has 0 bridgehead atoms. The number of hydrogen-bond donors (Lipinski definition) is 2. The van der Waals surface area contributed by atoms with Crippen LogP contribution in [0.4, 0.5) is 0 Å². The van der Waals surface area contributed by atoms with Crippen molar-refractivity contribution < 1.29 is 5.11 Å². The maximum Gasteiger partial charge on any atom is 0.0497 e. The maximum absolute atomic E-state index is 9.05. The van der Waals surface area contributed by atoms with E-state index in [9.17, 15) is 0 Å². The summed E-state index contributed by atoms with van der Waals surface area (Å²) in [4.78, 5) is 0. The van der Waals surface area contributed by atoms with Gasteiger partial charge >= 0.3 is 0 Å². The summed E-state index contributed by atoms with van der Waals surface area (Å²) in [7, 11) is 0. The number of rotatable bonds is 2. The summed E-state index contributed by atoms with van der Waals surface area (Å²) in [5, 5.41) is 9.05. The van der Waals surface area contributed by atoms with Gasteiger partial charge in [0.2, 0.25) is 0 Å². The van der Waals surface area contributed by atoms with Crippen LogP contribution in [0.15, 0.2) is 0 Å². The summed E-state index contributed by atoms with van der Waals surface area (Å²) < 4.78 is 0. The molecule has 0 aliphatic rings. The van der Waals surface area contributed by atoms with Crippen molar-refractivity contribution in [1.29, 1.82) is 0 Å². The molecular formula is C9H21NO. The van der Waals surface area contributed by atoms with Crippen LogP contribution in [-0.2, 0) is 0 Å². The zero-order valence-electron chi connectivity index (χ0n) is 8.31. The van der Waals surface area contributed by atoms with Crippen LogP contribution >= 0.6 is 0 Å². The smallest absolute Gasteiger partial charge is 0.0497 e. The normalized spacial score (nSPS) is 16.6. The highest BCUT2D eigenvalue weighted by molar-refractivity contribution is 4.89. The lowest BCUT2D eigenvalue weighted by Gasteiger charge is -2.38. The van der Waals surface area contributed by atoms with E-state index in [2.05, 4.69) is 20.8 Å². The summed E-state index contributed by atoms with van der Waals surface area (Å²) in [5.74, 6) is 0. The minimum Gasteiger partial charge on any atom is -0.396 e. The van der Waals surface area contributed by atoms with E-state index in [1.54, 1.807) is 0 Å². The molecule has 1 atom stereocenters. The van der Waals surface area contributed by atoms with E-state index < -0.39 is 0 Å². The third-order valence-corrected chi connectivity index (χ3v) is 2.18. The second-order valence-electron chi connectivity index (χ2n) is 4.99. The Labute approximate surface area is 69.8 Å². The first-order chi connectivity index (χ1) is 4.72. The number of nitrogens with two attached hydrogens (primary N) is 1. The Kier molecular flexibility index (Phi) is 3.09. The third kappa shape index (κ3) is 2.80. The Morgan fingerprint density at radius 1 is 1.18 bits per heavy atom. The molecule has 3 N–H and O–H groups in total. The molecule has 68 valence electrons. The topological polar surface area (TPSA) is 46.2 Å². The van der Waals surface area contributed by atoms with Gasteiger partial charge in [-0.15, -0.1) is 0 Å². The highest BCUT2D eigenvalue weighted by Gasteiger charge is 2.34. The fourth-order valence-corrected chi connectivity index (χ4v) is 1.27. The SMILES string of the molecule is CC(C)(C)C(N)C(C)(C)CO. The van der Waals surface area contributed by atoms with Crippen LogP contribution in [0, 0.1) is 10.8 Å². The zero-order chi connectivity index (χ0) is 9.28. The van der Waals surface area contributed by atoms with Crippen molar-refractivity contribution in [2.75, 3.05) is 6.61 Å². The van der Waals surface area contributed by atoms with Crippen molar-refractivity contribution in [1.82, 2.24) is 0 Å². The minimum absolute atomic E-state index is 0.0278. The highest BCUT2D eigenvalue weighted by atomic mass is 16.3. The fourth-order valence-electron chi connectivity index (χ4n) is 1.27. The Hall–Kier alpha value is -0.0800. The van der Waals surface area contributed by atoms with Crippen LogP contribution in [0.3, 0.4) is 0 Å². The molecule has 0 saturated heterocycles. The summed E-state index contributed by atoms with van der Waals surface area (Å²) in [5.41, 5.74) is 5.86. The summed E-state index contributed by atoms with van der Waals surface area (Å²) in [6.07, 6.45) is 0. The van der Waals surface area contributed by atoms with Gasteiger partial charge in [-0.1, -0.05) is 34.6 Å². The molecule has 0 rings (SSSR count). The van der Waals surface area contributed by atoms with Crippen molar-refractivity contribution in [2.24, 2.45) is 16.6 Å². The molecule has 0 radical (unpaired) electrons. The number of aliphatic hydroxyl groups is 1. The highest BCUT2D eigenvalue weighted by Crippen LogP contribution is 2.31. The molecule has 0 aromatic heterocycles. The standard InChI is InChI=1S/C9H21NO/c1-8(2,3)7(10)9(4,5)6-11/h7,11H,6,10H2,1-5H3. The molecule has 0 heterocycles. The van der Waals surface area contributed by atoms with Crippen LogP contribution in [-0.4, -0.2) is 17.8 Å². The van der Waals surface area contributed by atoms with Crippen LogP contribution in [0.25, 0.3) is 0 Å². The Morgan fingerprint density at radius 2 is 1.55 bits per heavy atom. The van der Waals surface area contributed by atoms with Gasteiger partial charge in [-0.05, 0) is 5.41 Å². The average Bonchev–Trinajstić information content (AvgIpc) is 1.84. The van der Waals surface area contributed by atoms with Gasteiger partial charge in [-0.3, -0.25) is 0 Å². The maximum atomic E-state index is 9.05. The van der Waals surface area contributed by atoms with Crippen molar-refractivity contribution >= 4 is 0 Å². The van der Waals surface area contributed by atoms with Crippen molar-refractivity contribution in [3.63, 3.8) is 0 Å². The van der Waals surface area contributed by atoms with E-state index in [0.717, 1.165) is 0 Å². The summed E-state index contributed by atoms with van der Waals surface area (Å²) in [6.45, 7) is 10.4. The third-order valence-electron chi connectivity index (χ3n) is 2.18. The quantitative estimate of drug-likeness (QED) is 0.639. The van der Waals surface area contributed by atoms with Gasteiger partial charge in [0, 0.05) is 18.1 Å². The van der Waals surface area contributed by atoms with Gasteiger partial charge in [-0.25, -0.2) is 0 Å². The molecule has 11 heavy (non-hydrogen) atoms. The second kappa shape index (κ2) is 3.11. The van der Waals surface area contributed by atoms with Gasteiger partial charge in [0.15, 0.2) is 0 Å². The van der Waals surface area contributed by atoms with Crippen molar-refractivity contribution in [3.05, 3.63) is 0 Å². The van der Waals surface area contributed by atoms with Gasteiger partial charge in [0.1, 0.15) is 0 Å². The van der Waals surface area contributed by atoms with E-state index >= 15 is 0 Å². The predicted molar refractivity (Wildman–Crippen MR) is 48.3 cm³/mol. The minimum atomic E-state index is -0.182. The summed E-state index contributed by atoms with van der Waals surface area (Å²) in [6, 6.07) is 0.0278. The molecule has 0 fully saturated rings. The second-order valence-corrected chi connectivity index (χ2v) is 4.99. The first-order valence-electron chi connectivity index (χ1n) is 4.08. The number of hydrogen-bond acceptors (Lipinski definition) is 2. The summed E-state index contributed by atoms with van der Waals surface area (Å²) >= 11 is 0. The van der Waals surface area contributed by atoms with Crippen LogP contribution in [0.1, 0.15) is 34.6 Å². The van der Waals surface area contributed by atoms with Crippen LogP contribution < -0.4 is 5.73 Å². The molecule has 0 aromatic carbocycles. The Morgan fingerprint density at radius 3 is 1.64 bits per heavy atom. The lowest BCUT2D eigenvalue weighted by molar-refractivity contribution is 0.0818. The molecule has 0 spiro atoms. The predicted octanol–water partition coefficient (Wildman–Crippen LogP) is 1.38. The van der Waals surface area contributed by atoms with E-state index in [4.69, 9.17) is 10.8 Å². The number of aliphatic hydroxyl groups excluding tert-OH is 1. The lowest BCUT2D eigenvalue weighted by atomic mass is 9.72. The van der Waals surface area contributed by atoms with E-state index in [0.29, 0.717) is 0 Å². The average molecular weight is 159 g/mol. The largest absolute Gasteiger partial charge is 0.396 e. The molecule has 1 unspecified atom stereocenters. The van der Waals surface area contributed by atoms with Gasteiger partial charge in [0.05, 0.1) is 0 Å². The lowest BCUT2D eigenvalue weighted by Crippen LogP contribution is -2.48. The van der Waals surface area contributed by atoms with E-state index in [1.807, 2.05) is 13.8 Å². The Bertz CT molecular complexity index is 124. The Balaban J connectivity index is 4.35. The van der Waals surface area contributed by atoms with Crippen LogP contribution in [0.2, 0.25) is 0 Å². The fraction of sp³-hybridized carbons (Fsp3) is 1.00. The van der Waals surface area contributed by atoms with Gasteiger partial charge in [0.25, 0.3) is 0 Å². The molecule has 2 heteroatoms. The van der Waals surface area contributed by atoms with Gasteiger partial charge in [-0.2, -0.15) is 0 Å². The molecule has 0 aliphatic carbocycles. The van der Waals surface area contributed by atoms with Gasteiger partial charge < -0.3 is 10.8 Å². The molecule has 0 saturated carbocycles. The monoisotopic (exact) mass is 159 g/mol. The van der Waals surface area contributed by atoms with Crippen molar-refractivity contribution in [2.45, 2.75) is 40.7 Å². The van der Waals surface area contributed by atoms with Crippen LogP contribution in [0.5, 0.6) is 0 Å². The van der Waals surface area contributed by atoms with Crippen molar-refractivity contribution in [3.8, 4) is 0 Å². The van der Waals surface area contributed by atoms with E-state index in [1.165, 1.54) is 0 Å². The molecule has 0 aliphatic heterocycles. The zero-order valence-corrected chi connectivity index (χ0v) is 8.31.